The smallest absolute Gasteiger partial charge is 0.162 e. The van der Waals surface area contributed by atoms with Crippen LogP contribution in [0.2, 0.25) is 0 Å². The summed E-state index contributed by atoms with van der Waals surface area (Å²) in [4.78, 5) is 0. The molecule has 0 aliphatic rings. The summed E-state index contributed by atoms with van der Waals surface area (Å²) in [5.74, 6) is 4.66. The van der Waals surface area contributed by atoms with E-state index in [9.17, 15) is 8.78 Å². The molecule has 0 amide bonds. The van der Waals surface area contributed by atoms with Gasteiger partial charge in [0.25, 0.3) is 0 Å². The van der Waals surface area contributed by atoms with Gasteiger partial charge in [-0.25, -0.2) is 8.78 Å². The number of furan rings is 1. The highest BCUT2D eigenvalue weighted by atomic mass is 19.2. The van der Waals surface area contributed by atoms with Crippen LogP contribution >= 0.6 is 0 Å². The van der Waals surface area contributed by atoms with Gasteiger partial charge in [-0.15, -0.1) is 0 Å². The number of hydrogen-bond acceptors (Lipinski definition) is 3. The molecule has 2 rings (SSSR count). The molecule has 1 aromatic carbocycles. The number of rotatable bonds is 6. The van der Waals surface area contributed by atoms with E-state index < -0.39 is 11.6 Å². The summed E-state index contributed by atoms with van der Waals surface area (Å²) in [6, 6.07) is 7.71. The van der Waals surface area contributed by atoms with Gasteiger partial charge < -0.3 is 4.42 Å². The predicted octanol–water partition coefficient (Wildman–Crippen LogP) is 2.57. The molecule has 0 aliphatic heterocycles. The Morgan fingerprint density at radius 2 is 2.05 bits per heavy atom. The average Bonchev–Trinajstić information content (AvgIpc) is 2.92. The van der Waals surface area contributed by atoms with Gasteiger partial charge in [-0.3, -0.25) is 11.3 Å². The fourth-order valence-corrected chi connectivity index (χ4v) is 1.99. The number of nitrogens with two attached hydrogens (primary N) is 1. The molecule has 0 saturated carbocycles. The molecule has 0 spiro atoms. The van der Waals surface area contributed by atoms with Crippen LogP contribution in [-0.2, 0) is 12.8 Å². The van der Waals surface area contributed by atoms with E-state index in [1.165, 1.54) is 6.07 Å². The molecule has 3 nitrogen and oxygen atoms in total. The Labute approximate surface area is 110 Å². The van der Waals surface area contributed by atoms with Gasteiger partial charge in [0.2, 0.25) is 0 Å². The normalized spacial score (nSPS) is 12.6. The summed E-state index contributed by atoms with van der Waals surface area (Å²) >= 11 is 0. The van der Waals surface area contributed by atoms with E-state index in [2.05, 4.69) is 5.43 Å². The van der Waals surface area contributed by atoms with Gasteiger partial charge in [-0.2, -0.15) is 0 Å². The Kier molecular flexibility index (Phi) is 4.65. The summed E-state index contributed by atoms with van der Waals surface area (Å²) in [5.41, 5.74) is 2.95. The van der Waals surface area contributed by atoms with Crippen molar-refractivity contribution in [1.82, 2.24) is 5.43 Å². The second-order valence-corrected chi connectivity index (χ2v) is 4.40. The van der Waals surface area contributed by atoms with E-state index >= 15 is 0 Å². The van der Waals surface area contributed by atoms with Crippen LogP contribution in [0, 0.1) is 11.6 Å². The van der Waals surface area contributed by atoms with Gasteiger partial charge in [-0.1, -0.05) is 12.1 Å². The van der Waals surface area contributed by atoms with Gasteiger partial charge in [0.1, 0.15) is 5.76 Å². The maximum atomic E-state index is 13.5. The van der Waals surface area contributed by atoms with Crippen LogP contribution in [0.5, 0.6) is 0 Å². The molecule has 19 heavy (non-hydrogen) atoms. The largest absolute Gasteiger partial charge is 0.469 e. The monoisotopic (exact) mass is 266 g/mol. The van der Waals surface area contributed by atoms with Gasteiger partial charge in [0.05, 0.1) is 6.26 Å². The molecule has 102 valence electrons. The molecule has 1 unspecified atom stereocenters. The second-order valence-electron chi connectivity index (χ2n) is 4.40. The lowest BCUT2D eigenvalue weighted by Crippen LogP contribution is -2.37. The van der Waals surface area contributed by atoms with Crippen molar-refractivity contribution in [2.24, 2.45) is 5.84 Å². The molecular weight excluding hydrogens is 250 g/mol. The van der Waals surface area contributed by atoms with E-state index in [1.807, 2.05) is 12.1 Å². The summed E-state index contributed by atoms with van der Waals surface area (Å²) in [6.07, 6.45) is 3.31. The van der Waals surface area contributed by atoms with Crippen LogP contribution < -0.4 is 11.3 Å². The van der Waals surface area contributed by atoms with Crippen LogP contribution in [0.1, 0.15) is 17.7 Å². The first-order chi connectivity index (χ1) is 9.20. The third-order valence-corrected chi connectivity index (χ3v) is 3.05. The Morgan fingerprint density at radius 1 is 1.21 bits per heavy atom. The molecule has 2 aromatic rings. The maximum Gasteiger partial charge on any atom is 0.162 e. The minimum Gasteiger partial charge on any atom is -0.469 e. The molecule has 0 aliphatic carbocycles. The van der Waals surface area contributed by atoms with E-state index in [-0.39, 0.29) is 6.04 Å². The van der Waals surface area contributed by atoms with Crippen molar-refractivity contribution < 1.29 is 13.2 Å². The SMILES string of the molecule is NNC(CCc1ccco1)Cc1cccc(F)c1F. The second kappa shape index (κ2) is 6.45. The average molecular weight is 266 g/mol. The lowest BCUT2D eigenvalue weighted by Gasteiger charge is -2.15. The number of aryl methyl sites for hydroxylation is 1. The number of nitrogens with one attached hydrogen (secondary N) is 1. The minimum atomic E-state index is -0.834. The third-order valence-electron chi connectivity index (χ3n) is 3.05. The fraction of sp³-hybridized carbons (Fsp3) is 0.286. The summed E-state index contributed by atoms with van der Waals surface area (Å²) in [7, 11) is 0. The molecule has 0 bridgehead atoms. The van der Waals surface area contributed by atoms with Gasteiger partial charge in [0.15, 0.2) is 11.6 Å². The number of hydrogen-bond donors (Lipinski definition) is 2. The van der Waals surface area contributed by atoms with Crippen LogP contribution in [0.25, 0.3) is 0 Å². The van der Waals surface area contributed by atoms with Crippen LogP contribution in [0.3, 0.4) is 0 Å². The highest BCUT2D eigenvalue weighted by molar-refractivity contribution is 5.20. The van der Waals surface area contributed by atoms with Gasteiger partial charge >= 0.3 is 0 Å². The highest BCUT2D eigenvalue weighted by Gasteiger charge is 2.14. The van der Waals surface area contributed by atoms with Crippen molar-refractivity contribution >= 4 is 0 Å². The van der Waals surface area contributed by atoms with E-state index in [0.717, 1.165) is 11.8 Å². The van der Waals surface area contributed by atoms with Crippen LogP contribution in [0.15, 0.2) is 41.0 Å². The van der Waals surface area contributed by atoms with Gasteiger partial charge in [-0.05, 0) is 36.6 Å². The molecule has 1 atom stereocenters. The number of benzene rings is 1. The maximum absolute atomic E-state index is 13.5. The Bertz CT molecular complexity index is 514. The van der Waals surface area contributed by atoms with Crippen molar-refractivity contribution in [3.05, 3.63) is 59.6 Å². The summed E-state index contributed by atoms with van der Waals surface area (Å²) in [5, 5.41) is 0. The molecule has 0 fully saturated rings. The van der Waals surface area contributed by atoms with Crippen molar-refractivity contribution in [3.8, 4) is 0 Å². The number of hydrazine groups is 1. The molecule has 3 N–H and O–H groups in total. The lowest BCUT2D eigenvalue weighted by molar-refractivity contribution is 0.436. The number of halogens is 2. The molecule has 5 heteroatoms. The Balaban J connectivity index is 1.96. The highest BCUT2D eigenvalue weighted by Crippen LogP contribution is 2.15. The molecule has 1 aromatic heterocycles. The van der Waals surface area contributed by atoms with Crippen molar-refractivity contribution in [2.45, 2.75) is 25.3 Å². The van der Waals surface area contributed by atoms with Crippen molar-refractivity contribution in [2.75, 3.05) is 0 Å². The third kappa shape index (κ3) is 3.62. The molecule has 0 radical (unpaired) electrons. The Morgan fingerprint density at radius 3 is 2.74 bits per heavy atom. The first-order valence-electron chi connectivity index (χ1n) is 6.12. The van der Waals surface area contributed by atoms with Crippen LogP contribution in [-0.4, -0.2) is 6.04 Å². The molecule has 0 saturated heterocycles. The zero-order valence-corrected chi connectivity index (χ0v) is 10.4. The van der Waals surface area contributed by atoms with E-state index in [4.69, 9.17) is 10.3 Å². The Hall–Kier alpha value is -1.72. The van der Waals surface area contributed by atoms with Crippen molar-refractivity contribution in [3.63, 3.8) is 0 Å². The van der Waals surface area contributed by atoms with Crippen molar-refractivity contribution in [1.29, 1.82) is 0 Å². The van der Waals surface area contributed by atoms with Crippen LogP contribution in [0.4, 0.5) is 8.78 Å². The summed E-state index contributed by atoms with van der Waals surface area (Å²) < 4.78 is 31.9. The summed E-state index contributed by atoms with van der Waals surface area (Å²) in [6.45, 7) is 0. The zero-order chi connectivity index (χ0) is 13.7. The molecule has 1 heterocycles. The topological polar surface area (TPSA) is 51.2 Å². The fourth-order valence-electron chi connectivity index (χ4n) is 1.99. The zero-order valence-electron chi connectivity index (χ0n) is 10.4. The standard InChI is InChI=1S/C14H16F2N2O/c15-13-5-1-3-10(14(13)16)9-11(18-17)6-7-12-4-2-8-19-12/h1-5,8,11,18H,6-7,9,17H2. The first-order valence-corrected chi connectivity index (χ1v) is 6.12. The van der Waals surface area contributed by atoms with Gasteiger partial charge in [0, 0.05) is 12.5 Å². The lowest BCUT2D eigenvalue weighted by atomic mass is 10.0. The minimum absolute atomic E-state index is 0.138. The van der Waals surface area contributed by atoms with E-state index in [0.29, 0.717) is 24.8 Å². The van der Waals surface area contributed by atoms with E-state index in [1.54, 1.807) is 12.3 Å². The first kappa shape index (κ1) is 13.7. The molecular formula is C14H16F2N2O. The predicted molar refractivity (Wildman–Crippen MR) is 68.2 cm³/mol. The quantitative estimate of drug-likeness (QED) is 0.624.